The second-order valence-electron chi connectivity index (χ2n) is 6.51. The molecule has 0 aliphatic heterocycles. The summed E-state index contributed by atoms with van der Waals surface area (Å²) < 4.78 is 1.35. The number of hydrogen-bond acceptors (Lipinski definition) is 5. The molecule has 1 saturated carbocycles. The van der Waals surface area contributed by atoms with Crippen LogP contribution in [0.25, 0.3) is 11.0 Å². The first-order chi connectivity index (χ1) is 12.3. The Kier molecular flexibility index (Phi) is 4.62. The summed E-state index contributed by atoms with van der Waals surface area (Å²) >= 11 is 0. The number of carbonyl (C=O) groups excluding carboxylic acids is 1. The van der Waals surface area contributed by atoms with Gasteiger partial charge in [-0.3, -0.25) is 23.9 Å². The van der Waals surface area contributed by atoms with Crippen molar-refractivity contribution < 1.29 is 14.7 Å². The number of aromatic nitrogens is 3. The van der Waals surface area contributed by atoms with Gasteiger partial charge >= 0.3 is 11.7 Å². The minimum atomic E-state index is -1.18. The molecule has 1 fully saturated rings. The highest BCUT2D eigenvalue weighted by atomic mass is 16.4. The third kappa shape index (κ3) is 3.24. The van der Waals surface area contributed by atoms with Crippen LogP contribution in [0.15, 0.2) is 15.7 Å². The maximum absolute atomic E-state index is 12.6. The van der Waals surface area contributed by atoms with Crippen molar-refractivity contribution >= 4 is 22.9 Å². The number of aryl methyl sites for hydroxylation is 1. The molecule has 1 amide bonds. The summed E-state index contributed by atoms with van der Waals surface area (Å²) in [6.45, 7) is 3.57. The second kappa shape index (κ2) is 6.74. The molecule has 2 heterocycles. The van der Waals surface area contributed by atoms with Crippen LogP contribution < -0.4 is 16.6 Å². The lowest BCUT2D eigenvalue weighted by Gasteiger charge is -2.14. The molecular weight excluding hydrogens is 340 g/mol. The molecule has 0 radical (unpaired) electrons. The van der Waals surface area contributed by atoms with Crippen molar-refractivity contribution in [1.82, 2.24) is 19.9 Å². The Balaban J connectivity index is 2.25. The van der Waals surface area contributed by atoms with Gasteiger partial charge in [0.05, 0.1) is 10.9 Å². The normalized spacial score (nSPS) is 15.0. The van der Waals surface area contributed by atoms with Crippen molar-refractivity contribution in [3.05, 3.63) is 38.2 Å². The summed E-state index contributed by atoms with van der Waals surface area (Å²) in [5, 5.41) is 11.4. The van der Waals surface area contributed by atoms with Gasteiger partial charge in [0, 0.05) is 18.2 Å². The van der Waals surface area contributed by atoms with Crippen LogP contribution in [0.2, 0.25) is 0 Å². The highest BCUT2D eigenvalue weighted by molar-refractivity contribution is 6.06. The highest BCUT2D eigenvalue weighted by Crippen LogP contribution is 2.39. The molecule has 9 heteroatoms. The molecule has 1 unspecified atom stereocenters. The van der Waals surface area contributed by atoms with E-state index in [0.717, 1.165) is 12.8 Å². The molecule has 2 aromatic heterocycles. The number of nitrogens with one attached hydrogen (secondary N) is 2. The molecule has 9 nitrogen and oxygen atoms in total. The highest BCUT2D eigenvalue weighted by Gasteiger charge is 2.29. The largest absolute Gasteiger partial charge is 0.480 e. The van der Waals surface area contributed by atoms with Gasteiger partial charge in [-0.2, -0.15) is 0 Å². The van der Waals surface area contributed by atoms with Gasteiger partial charge in [0.15, 0.2) is 5.65 Å². The third-order valence-electron chi connectivity index (χ3n) is 4.37. The fourth-order valence-corrected chi connectivity index (χ4v) is 2.83. The average molecular weight is 360 g/mol. The van der Waals surface area contributed by atoms with Gasteiger partial charge in [0.1, 0.15) is 6.04 Å². The molecule has 0 bridgehead atoms. The first-order valence-electron chi connectivity index (χ1n) is 8.55. The summed E-state index contributed by atoms with van der Waals surface area (Å²) in [7, 11) is 0. The quantitative estimate of drug-likeness (QED) is 0.690. The fourth-order valence-electron chi connectivity index (χ4n) is 2.83. The smallest absolute Gasteiger partial charge is 0.329 e. The minimum Gasteiger partial charge on any atom is -0.480 e. The summed E-state index contributed by atoms with van der Waals surface area (Å²) in [6.07, 6.45) is 2.49. The van der Waals surface area contributed by atoms with Gasteiger partial charge in [-0.1, -0.05) is 6.92 Å². The standard InChI is InChI=1S/C17H20N4O5/c1-3-6-21-13-12(15(23)20-17(21)26)10(7-11(19-13)9-4-5-9)14(22)18-8(2)16(24)25/h7-9H,3-6H2,1-2H3,(H,18,22)(H,24,25)(H,20,23,26). The molecule has 2 aromatic rings. The van der Waals surface area contributed by atoms with E-state index >= 15 is 0 Å². The Bertz CT molecular complexity index is 1000. The van der Waals surface area contributed by atoms with E-state index in [-0.39, 0.29) is 22.5 Å². The molecule has 3 N–H and O–H groups in total. The van der Waals surface area contributed by atoms with E-state index in [4.69, 9.17) is 5.11 Å². The number of fused-ring (bicyclic) bond motifs is 1. The minimum absolute atomic E-state index is 0.00228. The SMILES string of the molecule is CCCn1c(=O)[nH]c(=O)c2c(C(=O)NC(C)C(=O)O)cc(C3CC3)nc21. The molecule has 3 rings (SSSR count). The van der Waals surface area contributed by atoms with E-state index in [1.165, 1.54) is 17.6 Å². The van der Waals surface area contributed by atoms with Crippen LogP contribution in [-0.2, 0) is 11.3 Å². The van der Waals surface area contributed by atoms with Gasteiger partial charge in [-0.05, 0) is 32.3 Å². The van der Waals surface area contributed by atoms with Crippen LogP contribution in [-0.4, -0.2) is 37.6 Å². The lowest BCUT2D eigenvalue weighted by molar-refractivity contribution is -0.138. The van der Waals surface area contributed by atoms with Crippen molar-refractivity contribution in [3.8, 4) is 0 Å². The number of carboxylic acids is 1. The van der Waals surface area contributed by atoms with Crippen LogP contribution in [0.5, 0.6) is 0 Å². The maximum Gasteiger partial charge on any atom is 0.329 e. The van der Waals surface area contributed by atoms with Gasteiger partial charge < -0.3 is 10.4 Å². The summed E-state index contributed by atoms with van der Waals surface area (Å²) in [6, 6.07) is 0.413. The Hall–Kier alpha value is -2.97. The molecule has 0 aromatic carbocycles. The number of amides is 1. The van der Waals surface area contributed by atoms with Gasteiger partial charge in [0.2, 0.25) is 0 Å². The Morgan fingerprint density at radius 3 is 2.69 bits per heavy atom. The van der Waals surface area contributed by atoms with Crippen molar-refractivity contribution in [2.75, 3.05) is 0 Å². The molecule has 0 spiro atoms. The number of rotatable bonds is 6. The number of nitrogens with zero attached hydrogens (tertiary/aromatic N) is 2. The first-order valence-corrected chi connectivity index (χ1v) is 8.55. The van der Waals surface area contributed by atoms with Crippen LogP contribution in [0.1, 0.15) is 55.1 Å². The molecule has 1 aliphatic rings. The number of carboxylic acid groups (broad SMARTS) is 1. The van der Waals surface area contributed by atoms with Crippen molar-refractivity contribution in [2.45, 2.75) is 51.6 Å². The molecule has 138 valence electrons. The number of H-pyrrole nitrogens is 1. The number of hydrogen-bond donors (Lipinski definition) is 3. The van der Waals surface area contributed by atoms with E-state index in [1.807, 2.05) is 6.92 Å². The van der Waals surface area contributed by atoms with Crippen molar-refractivity contribution in [1.29, 1.82) is 0 Å². The predicted octanol–water partition coefficient (Wildman–Crippen LogP) is 0.575. The summed E-state index contributed by atoms with van der Waals surface area (Å²) in [5.74, 6) is -1.68. The molecule has 1 aliphatic carbocycles. The zero-order valence-corrected chi connectivity index (χ0v) is 14.5. The van der Waals surface area contributed by atoms with Crippen LogP contribution in [0, 0.1) is 0 Å². The second-order valence-corrected chi connectivity index (χ2v) is 6.51. The number of carbonyl (C=O) groups is 2. The van der Waals surface area contributed by atoms with Gasteiger partial charge in [-0.25, -0.2) is 9.78 Å². The first kappa shape index (κ1) is 17.8. The number of pyridine rings is 1. The number of aromatic amines is 1. The topological polar surface area (TPSA) is 134 Å². The Morgan fingerprint density at radius 1 is 1.42 bits per heavy atom. The summed E-state index contributed by atoms with van der Waals surface area (Å²) in [5.41, 5.74) is -0.440. The number of aliphatic carboxylic acids is 1. The van der Waals surface area contributed by atoms with Gasteiger partial charge in [-0.15, -0.1) is 0 Å². The van der Waals surface area contributed by atoms with Crippen molar-refractivity contribution in [3.63, 3.8) is 0 Å². The third-order valence-corrected chi connectivity index (χ3v) is 4.37. The fraction of sp³-hybridized carbons (Fsp3) is 0.471. The van der Waals surface area contributed by atoms with Crippen molar-refractivity contribution in [2.24, 2.45) is 0 Å². The summed E-state index contributed by atoms with van der Waals surface area (Å²) in [4.78, 5) is 54.9. The van der Waals surface area contributed by atoms with E-state index in [2.05, 4.69) is 15.3 Å². The Labute approximate surface area is 148 Å². The molecule has 1 atom stereocenters. The monoisotopic (exact) mass is 360 g/mol. The zero-order chi connectivity index (χ0) is 19.0. The molecule has 26 heavy (non-hydrogen) atoms. The van der Waals surface area contributed by atoms with Crippen LogP contribution in [0.3, 0.4) is 0 Å². The average Bonchev–Trinajstić information content (AvgIpc) is 3.42. The van der Waals surface area contributed by atoms with E-state index in [1.54, 1.807) is 0 Å². The molecule has 0 saturated heterocycles. The Morgan fingerprint density at radius 2 is 2.12 bits per heavy atom. The van der Waals surface area contributed by atoms with Crippen LogP contribution in [0.4, 0.5) is 0 Å². The van der Waals surface area contributed by atoms with E-state index in [0.29, 0.717) is 18.7 Å². The van der Waals surface area contributed by atoms with Gasteiger partial charge in [0.25, 0.3) is 11.5 Å². The van der Waals surface area contributed by atoms with E-state index in [9.17, 15) is 19.2 Å². The molecular formula is C17H20N4O5. The van der Waals surface area contributed by atoms with Crippen LogP contribution >= 0.6 is 0 Å². The predicted molar refractivity (Wildman–Crippen MR) is 93.5 cm³/mol. The lowest BCUT2D eigenvalue weighted by Crippen LogP contribution is -2.39. The van der Waals surface area contributed by atoms with E-state index < -0.39 is 29.2 Å². The lowest BCUT2D eigenvalue weighted by atomic mass is 10.1. The zero-order valence-electron chi connectivity index (χ0n) is 14.5. The maximum atomic E-state index is 12.6.